The lowest BCUT2D eigenvalue weighted by Crippen LogP contribution is -2.46. The normalized spacial score (nSPS) is 20.2. The Bertz CT molecular complexity index is 846. The van der Waals surface area contributed by atoms with Crippen LogP contribution in [0.4, 0.5) is 11.8 Å². The predicted molar refractivity (Wildman–Crippen MR) is 122 cm³/mol. The third-order valence-electron chi connectivity index (χ3n) is 5.93. The Labute approximate surface area is 187 Å². The highest BCUT2D eigenvalue weighted by Gasteiger charge is 2.25. The number of nitrogens with zero attached hydrogens (tertiary/aromatic N) is 5. The van der Waals surface area contributed by atoms with E-state index < -0.39 is 0 Å². The lowest BCUT2D eigenvalue weighted by molar-refractivity contribution is 0.122. The number of likely N-dealkylation sites (tertiary alicyclic amines) is 1. The Balaban J connectivity index is 1.41. The molecule has 8 heteroatoms. The third kappa shape index (κ3) is 5.04. The van der Waals surface area contributed by atoms with Gasteiger partial charge in [0, 0.05) is 45.5 Å². The molecule has 0 radical (unpaired) electrons. The minimum atomic E-state index is 0.438. The van der Waals surface area contributed by atoms with Crippen LogP contribution in [0.15, 0.2) is 34.9 Å². The molecule has 2 saturated heterocycles. The molecule has 162 valence electrons. The predicted octanol–water partition coefficient (Wildman–Crippen LogP) is 3.19. The molecule has 0 amide bonds. The highest BCUT2D eigenvalue weighted by atomic mass is 79.9. The van der Waals surface area contributed by atoms with E-state index in [0.717, 1.165) is 67.9 Å². The summed E-state index contributed by atoms with van der Waals surface area (Å²) in [6.45, 7) is 6.26. The molecule has 2 aliphatic rings. The van der Waals surface area contributed by atoms with Crippen LogP contribution in [0.2, 0.25) is 0 Å². The van der Waals surface area contributed by atoms with Crippen molar-refractivity contribution in [1.82, 2.24) is 14.9 Å². The number of aromatic nitrogens is 2. The van der Waals surface area contributed by atoms with Gasteiger partial charge in [-0.1, -0.05) is 6.07 Å². The van der Waals surface area contributed by atoms with Crippen LogP contribution in [0.3, 0.4) is 0 Å². The van der Waals surface area contributed by atoms with E-state index in [1.807, 2.05) is 18.3 Å². The van der Waals surface area contributed by atoms with Gasteiger partial charge in [-0.25, -0.2) is 4.98 Å². The van der Waals surface area contributed by atoms with Crippen LogP contribution >= 0.6 is 15.9 Å². The van der Waals surface area contributed by atoms with Gasteiger partial charge in [-0.2, -0.15) is 4.98 Å². The number of methoxy groups -OCH3 is 1. The molecule has 0 N–H and O–H groups in total. The molecular weight excluding hydrogens is 446 g/mol. The van der Waals surface area contributed by atoms with E-state index >= 15 is 0 Å². The summed E-state index contributed by atoms with van der Waals surface area (Å²) >= 11 is 3.60. The van der Waals surface area contributed by atoms with Crippen molar-refractivity contribution in [3.8, 4) is 5.75 Å². The van der Waals surface area contributed by atoms with Gasteiger partial charge in [-0.3, -0.25) is 4.90 Å². The Morgan fingerprint density at radius 3 is 2.83 bits per heavy atom. The SMILES string of the molecule is COc1ccc(CN2CCCC(N(C)c3ccnc(N4CCOCC4)n3)C2)cc1Br. The van der Waals surface area contributed by atoms with Gasteiger partial charge in [0.05, 0.1) is 24.8 Å². The summed E-state index contributed by atoms with van der Waals surface area (Å²) < 4.78 is 11.8. The molecule has 0 saturated carbocycles. The summed E-state index contributed by atoms with van der Waals surface area (Å²) in [6.07, 6.45) is 4.24. The van der Waals surface area contributed by atoms with Crippen molar-refractivity contribution in [2.45, 2.75) is 25.4 Å². The maximum Gasteiger partial charge on any atom is 0.227 e. The van der Waals surface area contributed by atoms with E-state index in [0.29, 0.717) is 6.04 Å². The minimum Gasteiger partial charge on any atom is -0.496 e. The summed E-state index contributed by atoms with van der Waals surface area (Å²) in [5, 5.41) is 0. The zero-order valence-electron chi connectivity index (χ0n) is 17.8. The van der Waals surface area contributed by atoms with Gasteiger partial charge < -0.3 is 19.3 Å². The Kier molecular flexibility index (Phi) is 7.07. The van der Waals surface area contributed by atoms with Crippen molar-refractivity contribution < 1.29 is 9.47 Å². The number of halogens is 1. The highest BCUT2D eigenvalue weighted by Crippen LogP contribution is 2.27. The topological polar surface area (TPSA) is 54.0 Å². The van der Waals surface area contributed by atoms with Crippen LogP contribution in [-0.4, -0.2) is 74.5 Å². The molecule has 30 heavy (non-hydrogen) atoms. The molecule has 1 aromatic heterocycles. The fourth-order valence-electron chi connectivity index (χ4n) is 4.20. The number of ether oxygens (including phenoxy) is 2. The number of benzene rings is 1. The van der Waals surface area contributed by atoms with E-state index in [1.165, 1.54) is 18.4 Å². The first-order valence-corrected chi connectivity index (χ1v) is 11.4. The first-order chi connectivity index (χ1) is 14.6. The molecule has 1 atom stereocenters. The van der Waals surface area contributed by atoms with Crippen LogP contribution in [0, 0.1) is 0 Å². The minimum absolute atomic E-state index is 0.438. The molecule has 2 aromatic rings. The Morgan fingerprint density at radius 2 is 2.07 bits per heavy atom. The molecule has 2 fully saturated rings. The van der Waals surface area contributed by atoms with Crippen LogP contribution < -0.4 is 14.5 Å². The lowest BCUT2D eigenvalue weighted by Gasteiger charge is -2.38. The number of hydrogen-bond donors (Lipinski definition) is 0. The molecule has 3 heterocycles. The number of hydrogen-bond acceptors (Lipinski definition) is 7. The first-order valence-electron chi connectivity index (χ1n) is 10.6. The fraction of sp³-hybridized carbons (Fsp3) is 0.545. The number of morpholine rings is 1. The second-order valence-corrected chi connectivity index (χ2v) is 8.78. The molecule has 4 rings (SSSR count). The molecule has 1 aromatic carbocycles. The Hall–Kier alpha value is -1.90. The second-order valence-electron chi connectivity index (χ2n) is 7.93. The van der Waals surface area contributed by atoms with Crippen LogP contribution in [0.25, 0.3) is 0 Å². The van der Waals surface area contributed by atoms with Gasteiger partial charge in [0.1, 0.15) is 11.6 Å². The maximum absolute atomic E-state index is 5.45. The van der Waals surface area contributed by atoms with Gasteiger partial charge in [-0.15, -0.1) is 0 Å². The van der Waals surface area contributed by atoms with Gasteiger partial charge in [0.25, 0.3) is 0 Å². The van der Waals surface area contributed by atoms with Gasteiger partial charge in [0.2, 0.25) is 5.95 Å². The quantitative estimate of drug-likeness (QED) is 0.635. The highest BCUT2D eigenvalue weighted by molar-refractivity contribution is 9.10. The lowest BCUT2D eigenvalue weighted by atomic mass is 10.0. The zero-order chi connectivity index (χ0) is 20.9. The van der Waals surface area contributed by atoms with Gasteiger partial charge >= 0.3 is 0 Å². The van der Waals surface area contributed by atoms with Crippen molar-refractivity contribution in [2.24, 2.45) is 0 Å². The summed E-state index contributed by atoms with van der Waals surface area (Å²) in [4.78, 5) is 16.4. The average molecular weight is 476 g/mol. The number of rotatable bonds is 6. The van der Waals surface area contributed by atoms with E-state index in [9.17, 15) is 0 Å². The zero-order valence-corrected chi connectivity index (χ0v) is 19.3. The smallest absolute Gasteiger partial charge is 0.227 e. The standard InChI is InChI=1S/C22H30BrN5O2/c1-26(21-7-8-24-22(25-21)28-10-12-30-13-11-28)18-4-3-9-27(16-18)15-17-5-6-20(29-2)19(23)14-17/h5-8,14,18H,3-4,9-13,15-16H2,1-2H3. The first kappa shape index (κ1) is 21.3. The van der Waals surface area contributed by atoms with E-state index in [4.69, 9.17) is 14.5 Å². The largest absolute Gasteiger partial charge is 0.496 e. The summed E-state index contributed by atoms with van der Waals surface area (Å²) in [6, 6.07) is 8.79. The van der Waals surface area contributed by atoms with E-state index in [-0.39, 0.29) is 0 Å². The number of likely N-dealkylation sites (N-methyl/N-ethyl adjacent to an activating group) is 1. The molecule has 0 bridgehead atoms. The molecule has 2 aliphatic heterocycles. The molecular formula is C22H30BrN5O2. The molecule has 0 aliphatic carbocycles. The van der Waals surface area contributed by atoms with Crippen LogP contribution in [0.1, 0.15) is 18.4 Å². The maximum atomic E-state index is 5.45. The molecule has 1 unspecified atom stereocenters. The van der Waals surface area contributed by atoms with Crippen molar-refractivity contribution >= 4 is 27.7 Å². The third-order valence-corrected chi connectivity index (χ3v) is 6.55. The van der Waals surface area contributed by atoms with E-state index in [1.54, 1.807) is 7.11 Å². The summed E-state index contributed by atoms with van der Waals surface area (Å²) in [7, 11) is 3.85. The van der Waals surface area contributed by atoms with Crippen molar-refractivity contribution in [3.63, 3.8) is 0 Å². The molecule has 7 nitrogen and oxygen atoms in total. The van der Waals surface area contributed by atoms with Crippen LogP contribution in [-0.2, 0) is 11.3 Å². The fourth-order valence-corrected chi connectivity index (χ4v) is 4.78. The van der Waals surface area contributed by atoms with E-state index in [2.05, 4.69) is 54.8 Å². The number of piperidine rings is 1. The van der Waals surface area contributed by atoms with Crippen LogP contribution in [0.5, 0.6) is 5.75 Å². The second kappa shape index (κ2) is 9.94. The monoisotopic (exact) mass is 475 g/mol. The van der Waals surface area contributed by atoms with Crippen molar-refractivity contribution in [1.29, 1.82) is 0 Å². The molecule has 0 spiro atoms. The van der Waals surface area contributed by atoms with Crippen molar-refractivity contribution in [3.05, 3.63) is 40.5 Å². The van der Waals surface area contributed by atoms with Gasteiger partial charge in [-0.05, 0) is 59.1 Å². The van der Waals surface area contributed by atoms with Gasteiger partial charge in [0.15, 0.2) is 0 Å². The average Bonchev–Trinajstić information content (AvgIpc) is 2.79. The Morgan fingerprint density at radius 1 is 1.23 bits per heavy atom. The van der Waals surface area contributed by atoms with Crippen molar-refractivity contribution in [2.75, 3.05) is 63.4 Å². The summed E-state index contributed by atoms with van der Waals surface area (Å²) in [5.74, 6) is 2.67. The number of anilines is 2. The summed E-state index contributed by atoms with van der Waals surface area (Å²) in [5.41, 5.74) is 1.29.